The van der Waals surface area contributed by atoms with Crippen molar-refractivity contribution in [1.82, 2.24) is 5.32 Å². The Balaban J connectivity index is 1.81. The van der Waals surface area contributed by atoms with Crippen LogP contribution in [0, 0.1) is 0 Å². The first-order valence-electron chi connectivity index (χ1n) is 8.49. The van der Waals surface area contributed by atoms with E-state index in [-0.39, 0.29) is 5.25 Å². The maximum atomic E-state index is 13.1. The summed E-state index contributed by atoms with van der Waals surface area (Å²) in [5, 5.41) is 3.70. The molecule has 21 heavy (non-hydrogen) atoms. The van der Waals surface area contributed by atoms with E-state index in [9.17, 15) is 4.21 Å². The predicted molar refractivity (Wildman–Crippen MR) is 89.2 cm³/mol. The van der Waals surface area contributed by atoms with Gasteiger partial charge >= 0.3 is 0 Å². The zero-order chi connectivity index (χ0) is 14.7. The Hall–Kier alpha value is -0.670. The smallest absolute Gasteiger partial charge is 0.0576 e. The predicted octanol–water partition coefficient (Wildman–Crippen LogP) is 3.59. The molecule has 3 atom stereocenters. The molecule has 2 aliphatic rings. The molecule has 116 valence electrons. The SMILES string of the molecule is CNC1CCCCCCC1S(=O)c1ccc2c(c1)CCC2. The van der Waals surface area contributed by atoms with Gasteiger partial charge in [-0.1, -0.05) is 31.7 Å². The highest BCUT2D eigenvalue weighted by Gasteiger charge is 2.28. The highest BCUT2D eigenvalue weighted by atomic mass is 32.2. The molecule has 0 radical (unpaired) electrons. The fourth-order valence-corrected chi connectivity index (χ4v) is 5.65. The van der Waals surface area contributed by atoms with E-state index in [1.165, 1.54) is 56.1 Å². The number of rotatable bonds is 3. The number of benzene rings is 1. The van der Waals surface area contributed by atoms with Crippen LogP contribution < -0.4 is 5.32 Å². The quantitative estimate of drug-likeness (QED) is 0.924. The number of fused-ring (bicyclic) bond motifs is 1. The number of hydrogen-bond acceptors (Lipinski definition) is 2. The molecule has 1 aromatic rings. The van der Waals surface area contributed by atoms with E-state index in [1.807, 2.05) is 7.05 Å². The molecule has 3 unspecified atom stereocenters. The second kappa shape index (κ2) is 7.06. The number of nitrogens with one attached hydrogen (secondary N) is 1. The van der Waals surface area contributed by atoms with Crippen molar-refractivity contribution in [3.05, 3.63) is 29.3 Å². The van der Waals surface area contributed by atoms with Gasteiger partial charge in [0.05, 0.1) is 16.0 Å². The van der Waals surface area contributed by atoms with Crippen LogP contribution in [0.25, 0.3) is 0 Å². The van der Waals surface area contributed by atoms with E-state index in [0.717, 1.165) is 17.7 Å². The van der Waals surface area contributed by atoms with E-state index in [2.05, 4.69) is 23.5 Å². The minimum Gasteiger partial charge on any atom is -0.316 e. The maximum Gasteiger partial charge on any atom is 0.0576 e. The molecule has 2 nitrogen and oxygen atoms in total. The lowest BCUT2D eigenvalue weighted by Crippen LogP contribution is -2.41. The van der Waals surface area contributed by atoms with Gasteiger partial charge in [-0.25, -0.2) is 0 Å². The summed E-state index contributed by atoms with van der Waals surface area (Å²) in [5.74, 6) is 0. The molecule has 1 fully saturated rings. The van der Waals surface area contributed by atoms with Crippen LogP contribution in [0.3, 0.4) is 0 Å². The summed E-state index contributed by atoms with van der Waals surface area (Å²) in [4.78, 5) is 1.06. The van der Waals surface area contributed by atoms with E-state index >= 15 is 0 Å². The molecule has 0 heterocycles. The second-order valence-corrected chi connectivity index (χ2v) is 8.18. The minimum absolute atomic E-state index is 0.273. The van der Waals surface area contributed by atoms with Crippen molar-refractivity contribution < 1.29 is 4.21 Å². The lowest BCUT2D eigenvalue weighted by Gasteiger charge is -2.28. The normalized spacial score (nSPS) is 27.7. The summed E-state index contributed by atoms with van der Waals surface area (Å²) in [5.41, 5.74) is 2.91. The van der Waals surface area contributed by atoms with E-state index < -0.39 is 10.8 Å². The molecule has 0 spiro atoms. The Labute approximate surface area is 131 Å². The van der Waals surface area contributed by atoms with Crippen LogP contribution >= 0.6 is 0 Å². The van der Waals surface area contributed by atoms with Gasteiger partial charge in [-0.2, -0.15) is 0 Å². The molecule has 0 saturated heterocycles. The molecule has 0 aromatic heterocycles. The molecule has 0 aliphatic heterocycles. The molecule has 1 saturated carbocycles. The highest BCUT2D eigenvalue weighted by molar-refractivity contribution is 7.85. The van der Waals surface area contributed by atoms with E-state index in [0.29, 0.717) is 6.04 Å². The van der Waals surface area contributed by atoms with Crippen molar-refractivity contribution >= 4 is 10.8 Å². The van der Waals surface area contributed by atoms with Gasteiger partial charge in [-0.15, -0.1) is 0 Å². The van der Waals surface area contributed by atoms with Gasteiger partial charge < -0.3 is 5.32 Å². The van der Waals surface area contributed by atoms with Gasteiger partial charge in [0.2, 0.25) is 0 Å². The fourth-order valence-electron chi connectivity index (χ4n) is 3.88. The van der Waals surface area contributed by atoms with Crippen LogP contribution in [0.1, 0.15) is 56.1 Å². The van der Waals surface area contributed by atoms with Crippen LogP contribution in [0.4, 0.5) is 0 Å². The molecule has 3 rings (SSSR count). The Bertz CT molecular complexity index is 514. The molecular weight excluding hydrogens is 278 g/mol. The first-order valence-corrected chi connectivity index (χ1v) is 9.70. The third kappa shape index (κ3) is 3.40. The van der Waals surface area contributed by atoms with Crippen LogP contribution in [0.2, 0.25) is 0 Å². The summed E-state index contributed by atoms with van der Waals surface area (Å²) >= 11 is 0. The maximum absolute atomic E-state index is 13.1. The number of hydrogen-bond donors (Lipinski definition) is 1. The molecule has 0 amide bonds. The zero-order valence-corrected chi connectivity index (χ0v) is 13.9. The van der Waals surface area contributed by atoms with E-state index in [1.54, 1.807) is 0 Å². The molecule has 1 N–H and O–H groups in total. The molecular formula is C18H27NOS. The molecule has 2 aliphatic carbocycles. The van der Waals surface area contributed by atoms with Crippen LogP contribution in [-0.4, -0.2) is 22.5 Å². The molecule has 3 heteroatoms. The van der Waals surface area contributed by atoms with Crippen molar-refractivity contribution in [2.45, 2.75) is 74.0 Å². The van der Waals surface area contributed by atoms with Gasteiger partial charge in [0, 0.05) is 10.9 Å². The van der Waals surface area contributed by atoms with Crippen molar-refractivity contribution in [1.29, 1.82) is 0 Å². The summed E-state index contributed by atoms with van der Waals surface area (Å²) in [7, 11) is 1.15. The van der Waals surface area contributed by atoms with Crippen LogP contribution in [0.15, 0.2) is 23.1 Å². The fraction of sp³-hybridized carbons (Fsp3) is 0.667. The van der Waals surface area contributed by atoms with Crippen molar-refractivity contribution in [2.75, 3.05) is 7.05 Å². The van der Waals surface area contributed by atoms with Crippen LogP contribution in [-0.2, 0) is 23.6 Å². The van der Waals surface area contributed by atoms with Gasteiger partial charge in [0.25, 0.3) is 0 Å². The summed E-state index contributed by atoms with van der Waals surface area (Å²) in [6.45, 7) is 0. The topological polar surface area (TPSA) is 29.1 Å². The minimum atomic E-state index is -0.874. The van der Waals surface area contributed by atoms with Gasteiger partial charge in [-0.05, 0) is 62.4 Å². The Morgan fingerprint density at radius 3 is 2.57 bits per heavy atom. The monoisotopic (exact) mass is 305 g/mol. The van der Waals surface area contributed by atoms with Gasteiger partial charge in [-0.3, -0.25) is 4.21 Å². The highest BCUT2D eigenvalue weighted by Crippen LogP contribution is 2.28. The van der Waals surface area contributed by atoms with Crippen LogP contribution in [0.5, 0.6) is 0 Å². The Kier molecular flexibility index (Phi) is 5.12. The second-order valence-electron chi connectivity index (χ2n) is 6.51. The van der Waals surface area contributed by atoms with Gasteiger partial charge in [0.1, 0.15) is 0 Å². The third-order valence-electron chi connectivity index (χ3n) is 5.15. The molecule has 1 aromatic carbocycles. The Morgan fingerprint density at radius 1 is 1.00 bits per heavy atom. The third-order valence-corrected chi connectivity index (χ3v) is 6.98. The van der Waals surface area contributed by atoms with E-state index in [4.69, 9.17) is 0 Å². The largest absolute Gasteiger partial charge is 0.316 e. The Morgan fingerprint density at radius 2 is 1.76 bits per heavy atom. The van der Waals surface area contributed by atoms with Gasteiger partial charge in [0.15, 0.2) is 0 Å². The summed E-state index contributed by atoms with van der Waals surface area (Å²) in [6, 6.07) is 6.96. The van der Waals surface area contributed by atoms with Crippen molar-refractivity contribution in [3.63, 3.8) is 0 Å². The summed E-state index contributed by atoms with van der Waals surface area (Å²) in [6.07, 6.45) is 11.0. The molecule has 0 bridgehead atoms. The standard InChI is InChI=1S/C18H27NOS/c1-19-17-9-4-2-3-5-10-18(17)21(20)16-12-11-14-7-6-8-15(14)13-16/h11-13,17-19H,2-10H2,1H3. The lowest BCUT2D eigenvalue weighted by molar-refractivity contribution is 0.414. The average Bonchev–Trinajstić information content (AvgIpc) is 2.94. The number of aryl methyl sites for hydroxylation is 2. The lowest BCUT2D eigenvalue weighted by atomic mass is 9.96. The zero-order valence-electron chi connectivity index (χ0n) is 13.1. The first-order chi connectivity index (χ1) is 10.3. The van der Waals surface area contributed by atoms with Crippen molar-refractivity contribution in [3.8, 4) is 0 Å². The van der Waals surface area contributed by atoms with Crippen molar-refractivity contribution in [2.24, 2.45) is 0 Å². The average molecular weight is 305 g/mol. The first kappa shape index (κ1) is 15.2. The summed E-state index contributed by atoms with van der Waals surface area (Å²) < 4.78 is 13.1.